The first-order valence-electron chi connectivity index (χ1n) is 7.64. The van der Waals surface area contributed by atoms with Crippen molar-refractivity contribution in [1.82, 2.24) is 10.2 Å². The minimum absolute atomic E-state index is 0.0461. The molecule has 1 saturated carbocycles. The van der Waals surface area contributed by atoms with E-state index in [9.17, 15) is 14.0 Å². The molecule has 6 heteroatoms. The van der Waals surface area contributed by atoms with Crippen LogP contribution in [-0.2, 0) is 11.3 Å². The Kier molecular flexibility index (Phi) is 5.75. The van der Waals surface area contributed by atoms with E-state index in [0.29, 0.717) is 37.9 Å². The van der Waals surface area contributed by atoms with Crippen LogP contribution in [0.2, 0.25) is 0 Å². The zero-order valence-corrected chi connectivity index (χ0v) is 12.6. The highest BCUT2D eigenvalue weighted by atomic mass is 19.1. The molecular formula is C16H22FN3O2. The van der Waals surface area contributed by atoms with Crippen LogP contribution in [0.1, 0.15) is 37.7 Å². The van der Waals surface area contributed by atoms with Gasteiger partial charge in [0.1, 0.15) is 5.82 Å². The van der Waals surface area contributed by atoms with Crippen LogP contribution in [0.25, 0.3) is 0 Å². The lowest BCUT2D eigenvalue weighted by Gasteiger charge is -2.23. The summed E-state index contributed by atoms with van der Waals surface area (Å²) in [6, 6.07) is 6.26. The average molecular weight is 307 g/mol. The highest BCUT2D eigenvalue weighted by molar-refractivity contribution is 5.77. The summed E-state index contributed by atoms with van der Waals surface area (Å²) >= 11 is 0. The van der Waals surface area contributed by atoms with Gasteiger partial charge in [-0.1, -0.05) is 18.2 Å². The van der Waals surface area contributed by atoms with Crippen molar-refractivity contribution in [3.8, 4) is 0 Å². The Bertz CT molecular complexity index is 532. The summed E-state index contributed by atoms with van der Waals surface area (Å²) in [4.78, 5) is 24.6. The second kappa shape index (κ2) is 7.77. The van der Waals surface area contributed by atoms with Crippen LogP contribution in [0, 0.1) is 5.82 Å². The Morgan fingerprint density at radius 2 is 2.00 bits per heavy atom. The van der Waals surface area contributed by atoms with E-state index in [4.69, 9.17) is 5.73 Å². The van der Waals surface area contributed by atoms with Crippen LogP contribution >= 0.6 is 0 Å². The minimum atomic E-state index is -0.550. The third-order valence-corrected chi connectivity index (χ3v) is 3.72. The first-order valence-corrected chi connectivity index (χ1v) is 7.64. The quantitative estimate of drug-likeness (QED) is 0.722. The molecule has 0 atom stereocenters. The number of urea groups is 1. The van der Waals surface area contributed by atoms with E-state index in [0.717, 1.165) is 12.8 Å². The number of hydrogen-bond donors (Lipinski definition) is 2. The molecule has 2 rings (SSSR count). The van der Waals surface area contributed by atoms with Gasteiger partial charge in [0.15, 0.2) is 0 Å². The molecule has 120 valence electrons. The van der Waals surface area contributed by atoms with Crippen LogP contribution in [0.15, 0.2) is 24.3 Å². The normalized spacial score (nSPS) is 13.7. The molecule has 0 saturated heterocycles. The number of benzene rings is 1. The predicted molar refractivity (Wildman–Crippen MR) is 81.4 cm³/mol. The van der Waals surface area contributed by atoms with Crippen LogP contribution in [0.5, 0.6) is 0 Å². The smallest absolute Gasteiger partial charge is 0.312 e. The Labute approximate surface area is 129 Å². The van der Waals surface area contributed by atoms with Gasteiger partial charge in [0.25, 0.3) is 0 Å². The Balaban J connectivity index is 1.82. The third-order valence-electron chi connectivity index (χ3n) is 3.72. The van der Waals surface area contributed by atoms with Crippen LogP contribution in [0.4, 0.5) is 9.18 Å². The molecule has 0 spiro atoms. The monoisotopic (exact) mass is 307 g/mol. The molecule has 0 aromatic heterocycles. The van der Waals surface area contributed by atoms with Gasteiger partial charge in [0.05, 0.1) is 0 Å². The summed E-state index contributed by atoms with van der Waals surface area (Å²) in [5.41, 5.74) is 5.52. The van der Waals surface area contributed by atoms with Crippen molar-refractivity contribution < 1.29 is 14.0 Å². The number of unbranched alkanes of at least 4 members (excludes halogenated alkanes) is 1. The molecule has 0 heterocycles. The molecule has 3 amide bonds. The maximum atomic E-state index is 13.7. The Morgan fingerprint density at radius 1 is 1.27 bits per heavy atom. The summed E-state index contributed by atoms with van der Waals surface area (Å²) in [7, 11) is 0. The maximum Gasteiger partial charge on any atom is 0.312 e. The van der Waals surface area contributed by atoms with Crippen molar-refractivity contribution in [2.75, 3.05) is 6.54 Å². The van der Waals surface area contributed by atoms with Gasteiger partial charge in [-0.2, -0.15) is 0 Å². The summed E-state index contributed by atoms with van der Waals surface area (Å²) in [6.07, 6.45) is 3.77. The van der Waals surface area contributed by atoms with Crippen molar-refractivity contribution in [3.05, 3.63) is 35.6 Å². The lowest BCUT2D eigenvalue weighted by molar-refractivity contribution is -0.132. The van der Waals surface area contributed by atoms with E-state index in [1.807, 2.05) is 0 Å². The first kappa shape index (κ1) is 16.3. The van der Waals surface area contributed by atoms with Crippen LogP contribution < -0.4 is 11.1 Å². The molecule has 3 N–H and O–H groups in total. The van der Waals surface area contributed by atoms with Crippen molar-refractivity contribution in [2.45, 2.75) is 44.7 Å². The molecule has 5 nitrogen and oxygen atoms in total. The summed E-state index contributed by atoms with van der Waals surface area (Å²) in [5, 5.41) is 2.50. The van der Waals surface area contributed by atoms with E-state index in [2.05, 4.69) is 5.32 Å². The second-order valence-electron chi connectivity index (χ2n) is 5.59. The van der Waals surface area contributed by atoms with Gasteiger partial charge < -0.3 is 16.0 Å². The van der Waals surface area contributed by atoms with E-state index >= 15 is 0 Å². The largest absolute Gasteiger partial charge is 0.352 e. The summed E-state index contributed by atoms with van der Waals surface area (Å²) in [6.45, 7) is 0.801. The Hall–Kier alpha value is -2.11. The van der Waals surface area contributed by atoms with Crippen LogP contribution in [-0.4, -0.2) is 29.4 Å². The van der Waals surface area contributed by atoms with E-state index in [1.165, 1.54) is 6.07 Å². The van der Waals surface area contributed by atoms with E-state index in [1.54, 1.807) is 23.1 Å². The number of nitrogens with one attached hydrogen (secondary N) is 1. The standard InChI is InChI=1S/C16H22FN3O2/c17-14-6-2-1-5-12(14)11-20(13-8-9-13)15(21)7-3-4-10-19-16(18)22/h1-2,5-6,13H,3-4,7-11H2,(H3,18,19,22). The molecule has 1 aromatic carbocycles. The van der Waals surface area contributed by atoms with Gasteiger partial charge in [0, 0.05) is 31.1 Å². The highest BCUT2D eigenvalue weighted by Crippen LogP contribution is 2.29. The fourth-order valence-corrected chi connectivity index (χ4v) is 2.37. The zero-order chi connectivity index (χ0) is 15.9. The third kappa shape index (κ3) is 5.02. The van der Waals surface area contributed by atoms with Crippen molar-refractivity contribution in [3.63, 3.8) is 0 Å². The van der Waals surface area contributed by atoms with Gasteiger partial charge >= 0.3 is 6.03 Å². The maximum absolute atomic E-state index is 13.7. The molecule has 0 unspecified atom stereocenters. The number of carbonyl (C=O) groups is 2. The lowest BCUT2D eigenvalue weighted by atomic mass is 10.1. The molecule has 22 heavy (non-hydrogen) atoms. The van der Waals surface area contributed by atoms with Gasteiger partial charge in [-0.05, 0) is 31.7 Å². The molecule has 1 aliphatic carbocycles. The van der Waals surface area contributed by atoms with Gasteiger partial charge in [0.2, 0.25) is 5.91 Å². The molecule has 0 bridgehead atoms. The minimum Gasteiger partial charge on any atom is -0.352 e. The molecule has 1 aromatic rings. The molecular weight excluding hydrogens is 285 g/mol. The number of carbonyl (C=O) groups excluding carboxylic acids is 2. The number of nitrogens with two attached hydrogens (primary N) is 1. The highest BCUT2D eigenvalue weighted by Gasteiger charge is 2.32. The number of rotatable bonds is 8. The number of halogens is 1. The predicted octanol–water partition coefficient (Wildman–Crippen LogP) is 2.16. The SMILES string of the molecule is NC(=O)NCCCCC(=O)N(Cc1ccccc1F)C1CC1. The fraction of sp³-hybridized carbons (Fsp3) is 0.500. The van der Waals surface area contributed by atoms with Gasteiger partial charge in [-0.25, -0.2) is 9.18 Å². The summed E-state index contributed by atoms with van der Waals surface area (Å²) < 4.78 is 13.7. The van der Waals surface area contributed by atoms with E-state index < -0.39 is 6.03 Å². The Morgan fingerprint density at radius 3 is 2.64 bits per heavy atom. The molecule has 1 aliphatic rings. The zero-order valence-electron chi connectivity index (χ0n) is 12.6. The van der Waals surface area contributed by atoms with Gasteiger partial charge in [-0.15, -0.1) is 0 Å². The molecule has 1 fully saturated rings. The summed E-state index contributed by atoms with van der Waals surface area (Å²) in [5.74, 6) is -0.226. The van der Waals surface area contributed by atoms with E-state index in [-0.39, 0.29) is 17.8 Å². The van der Waals surface area contributed by atoms with Crippen LogP contribution in [0.3, 0.4) is 0 Å². The van der Waals surface area contributed by atoms with Gasteiger partial charge in [-0.3, -0.25) is 4.79 Å². The number of amides is 3. The molecule has 0 aliphatic heterocycles. The first-order chi connectivity index (χ1) is 10.6. The number of nitrogens with zero attached hydrogens (tertiary/aromatic N) is 1. The van der Waals surface area contributed by atoms with Crippen molar-refractivity contribution >= 4 is 11.9 Å². The van der Waals surface area contributed by atoms with Crippen molar-refractivity contribution in [2.24, 2.45) is 5.73 Å². The average Bonchev–Trinajstić information content (AvgIpc) is 3.30. The number of primary amides is 1. The number of hydrogen-bond acceptors (Lipinski definition) is 2. The topological polar surface area (TPSA) is 75.4 Å². The fourth-order valence-electron chi connectivity index (χ4n) is 2.37. The lowest BCUT2D eigenvalue weighted by Crippen LogP contribution is -2.33. The second-order valence-corrected chi connectivity index (χ2v) is 5.59. The molecule has 0 radical (unpaired) electrons. The van der Waals surface area contributed by atoms with Crippen molar-refractivity contribution in [1.29, 1.82) is 0 Å².